The van der Waals surface area contributed by atoms with Crippen LogP contribution in [0.5, 0.6) is 11.5 Å². The van der Waals surface area contributed by atoms with Crippen LogP contribution in [0.25, 0.3) is 0 Å². The highest BCUT2D eigenvalue weighted by molar-refractivity contribution is 7.89. The highest BCUT2D eigenvalue weighted by atomic mass is 35.5. The second kappa shape index (κ2) is 11.2. The van der Waals surface area contributed by atoms with Gasteiger partial charge in [-0.2, -0.15) is 0 Å². The molecule has 1 aliphatic heterocycles. The lowest BCUT2D eigenvalue weighted by Gasteiger charge is -2.38. The van der Waals surface area contributed by atoms with Crippen molar-refractivity contribution in [1.82, 2.24) is 14.5 Å². The van der Waals surface area contributed by atoms with Crippen LogP contribution >= 0.6 is 23.2 Å². The molecule has 3 aromatic carbocycles. The number of nitrogens with one attached hydrogen (secondary N) is 1. The maximum absolute atomic E-state index is 14.8. The van der Waals surface area contributed by atoms with E-state index < -0.39 is 21.9 Å². The maximum atomic E-state index is 14.8. The van der Waals surface area contributed by atoms with Crippen molar-refractivity contribution >= 4 is 33.2 Å². The number of para-hydroxylation sites is 1. The van der Waals surface area contributed by atoms with E-state index >= 15 is 0 Å². The van der Waals surface area contributed by atoms with E-state index in [4.69, 9.17) is 27.9 Å². The van der Waals surface area contributed by atoms with Gasteiger partial charge in [0.15, 0.2) is 0 Å². The van der Waals surface area contributed by atoms with Crippen LogP contribution in [0.15, 0.2) is 71.6 Å². The highest BCUT2D eigenvalue weighted by Crippen LogP contribution is 2.30. The number of piperazine rings is 1. The summed E-state index contributed by atoms with van der Waals surface area (Å²) in [5.74, 6) is 0.472. The Morgan fingerprint density at radius 1 is 1.00 bits per heavy atom. The zero-order valence-electron chi connectivity index (χ0n) is 19.1. The van der Waals surface area contributed by atoms with Crippen molar-refractivity contribution in [3.8, 4) is 11.5 Å². The quantitative estimate of drug-likeness (QED) is 0.428. The molecule has 1 heterocycles. The molecule has 0 spiro atoms. The molecule has 0 aromatic heterocycles. The molecule has 0 bridgehead atoms. The average molecular weight is 538 g/mol. The summed E-state index contributed by atoms with van der Waals surface area (Å²) in [5, 5.41) is 0.748. The molecule has 1 aliphatic rings. The Balaban J connectivity index is 1.50. The fourth-order valence-electron chi connectivity index (χ4n) is 3.95. The number of hydrogen-bond acceptors (Lipinski definition) is 5. The SMILES string of the molecule is CN1CCN(C(CNS(=O)(=O)c2ccc(Oc3ccccc3Cl)cc2)c2ccc(Cl)cc2F)CC1. The van der Waals surface area contributed by atoms with Crippen LogP contribution in [0.3, 0.4) is 0 Å². The molecule has 1 saturated heterocycles. The third-order valence-corrected chi connectivity index (χ3v) is 7.95. The smallest absolute Gasteiger partial charge is 0.240 e. The molecule has 3 aromatic rings. The van der Waals surface area contributed by atoms with Gasteiger partial charge >= 0.3 is 0 Å². The topological polar surface area (TPSA) is 61.9 Å². The third kappa shape index (κ3) is 6.52. The Bertz CT molecular complexity index is 1270. The number of rotatable bonds is 8. The molecule has 10 heteroatoms. The van der Waals surface area contributed by atoms with E-state index in [0.717, 1.165) is 13.1 Å². The van der Waals surface area contributed by atoms with Gasteiger partial charge in [-0.1, -0.05) is 41.4 Å². The van der Waals surface area contributed by atoms with Gasteiger partial charge in [-0.3, -0.25) is 4.90 Å². The number of ether oxygens (including phenoxy) is 1. The maximum Gasteiger partial charge on any atom is 0.240 e. The summed E-state index contributed by atoms with van der Waals surface area (Å²) >= 11 is 12.1. The van der Waals surface area contributed by atoms with Crippen LogP contribution in [0.1, 0.15) is 11.6 Å². The van der Waals surface area contributed by atoms with Crippen molar-refractivity contribution in [1.29, 1.82) is 0 Å². The first-order valence-electron chi connectivity index (χ1n) is 11.1. The first kappa shape index (κ1) is 25.9. The first-order valence-corrected chi connectivity index (χ1v) is 13.4. The molecule has 1 fully saturated rings. The Morgan fingerprint density at radius 2 is 1.69 bits per heavy atom. The standard InChI is InChI=1S/C25H26Cl2FN3O3S/c1-30-12-14-31(15-13-30)24(21-11-6-18(26)16-23(21)28)17-29-35(32,33)20-9-7-19(8-10-20)34-25-5-3-2-4-22(25)27/h2-11,16,24,29H,12-15,17H2,1H3. The van der Waals surface area contributed by atoms with E-state index in [9.17, 15) is 12.8 Å². The van der Waals surface area contributed by atoms with E-state index in [1.54, 1.807) is 48.5 Å². The summed E-state index contributed by atoms with van der Waals surface area (Å²) in [5.41, 5.74) is 0.408. The van der Waals surface area contributed by atoms with Gasteiger partial charge in [-0.15, -0.1) is 0 Å². The van der Waals surface area contributed by atoms with E-state index in [0.29, 0.717) is 40.2 Å². The lowest BCUT2D eigenvalue weighted by molar-refractivity contribution is 0.111. The fourth-order valence-corrected chi connectivity index (χ4v) is 5.33. The van der Waals surface area contributed by atoms with Crippen molar-refractivity contribution in [2.45, 2.75) is 10.9 Å². The van der Waals surface area contributed by atoms with Crippen LogP contribution in [0.2, 0.25) is 10.0 Å². The molecule has 1 N–H and O–H groups in total. The summed E-state index contributed by atoms with van der Waals surface area (Å²) in [6, 6.07) is 17.1. The van der Waals surface area contributed by atoms with Gasteiger partial charge < -0.3 is 9.64 Å². The predicted molar refractivity (Wildman–Crippen MR) is 136 cm³/mol. The Labute approximate surface area is 215 Å². The highest BCUT2D eigenvalue weighted by Gasteiger charge is 2.28. The normalized spacial score (nSPS) is 16.2. The van der Waals surface area contributed by atoms with Gasteiger partial charge in [0, 0.05) is 43.3 Å². The van der Waals surface area contributed by atoms with Gasteiger partial charge in [-0.05, 0) is 55.6 Å². The molecule has 4 rings (SSSR count). The number of hydrogen-bond donors (Lipinski definition) is 1. The number of benzene rings is 3. The molecule has 35 heavy (non-hydrogen) atoms. The summed E-state index contributed by atoms with van der Waals surface area (Å²) in [4.78, 5) is 4.36. The van der Waals surface area contributed by atoms with Crippen LogP contribution in [0.4, 0.5) is 4.39 Å². The van der Waals surface area contributed by atoms with Gasteiger partial charge in [0.2, 0.25) is 10.0 Å². The molecular formula is C25H26Cl2FN3O3S. The molecule has 0 saturated carbocycles. The summed E-state index contributed by atoms with van der Waals surface area (Å²) in [6.07, 6.45) is 0. The van der Waals surface area contributed by atoms with Crippen LogP contribution in [0, 0.1) is 5.82 Å². The largest absolute Gasteiger partial charge is 0.456 e. The lowest BCUT2D eigenvalue weighted by atomic mass is 10.0. The molecule has 0 amide bonds. The van der Waals surface area contributed by atoms with E-state index in [2.05, 4.69) is 14.5 Å². The number of nitrogens with zero attached hydrogens (tertiary/aromatic N) is 2. The van der Waals surface area contributed by atoms with Gasteiger partial charge in [-0.25, -0.2) is 17.5 Å². The Morgan fingerprint density at radius 3 is 2.34 bits per heavy atom. The Kier molecular flexibility index (Phi) is 8.31. The van der Waals surface area contributed by atoms with Crippen molar-refractivity contribution in [2.24, 2.45) is 0 Å². The van der Waals surface area contributed by atoms with Crippen LogP contribution < -0.4 is 9.46 Å². The number of likely N-dealkylation sites (N-methyl/N-ethyl adjacent to an activating group) is 1. The Hall–Kier alpha value is -2.20. The summed E-state index contributed by atoms with van der Waals surface area (Å²) < 4.78 is 49.3. The van der Waals surface area contributed by atoms with E-state index in [1.165, 1.54) is 18.2 Å². The third-order valence-electron chi connectivity index (χ3n) is 5.97. The van der Waals surface area contributed by atoms with E-state index in [-0.39, 0.29) is 11.4 Å². The predicted octanol–water partition coefficient (Wildman–Crippen LogP) is 5.19. The molecular weight excluding hydrogens is 512 g/mol. The second-order valence-electron chi connectivity index (χ2n) is 8.38. The summed E-state index contributed by atoms with van der Waals surface area (Å²) in [6.45, 7) is 3.03. The molecule has 1 atom stereocenters. The zero-order chi connectivity index (χ0) is 25.0. The average Bonchev–Trinajstić information content (AvgIpc) is 2.83. The lowest BCUT2D eigenvalue weighted by Crippen LogP contribution is -2.48. The molecule has 6 nitrogen and oxygen atoms in total. The molecule has 1 unspecified atom stereocenters. The van der Waals surface area contributed by atoms with Gasteiger partial charge in [0.1, 0.15) is 17.3 Å². The minimum absolute atomic E-state index is 0.0163. The van der Waals surface area contributed by atoms with Crippen molar-refractivity contribution in [3.63, 3.8) is 0 Å². The monoisotopic (exact) mass is 537 g/mol. The summed E-state index contributed by atoms with van der Waals surface area (Å²) in [7, 11) is -1.82. The van der Waals surface area contributed by atoms with Crippen molar-refractivity contribution < 1.29 is 17.5 Å². The van der Waals surface area contributed by atoms with Crippen molar-refractivity contribution in [2.75, 3.05) is 39.8 Å². The molecule has 0 aliphatic carbocycles. The minimum atomic E-state index is -3.85. The minimum Gasteiger partial charge on any atom is -0.456 e. The van der Waals surface area contributed by atoms with Crippen molar-refractivity contribution in [3.05, 3.63) is 88.2 Å². The van der Waals surface area contributed by atoms with Crippen LogP contribution in [-0.2, 0) is 10.0 Å². The first-order chi connectivity index (χ1) is 16.7. The molecule has 0 radical (unpaired) electrons. The fraction of sp³-hybridized carbons (Fsp3) is 0.280. The number of sulfonamides is 1. The van der Waals surface area contributed by atoms with Crippen LogP contribution in [-0.4, -0.2) is 58.0 Å². The van der Waals surface area contributed by atoms with Gasteiger partial charge in [0.25, 0.3) is 0 Å². The van der Waals surface area contributed by atoms with E-state index in [1.807, 2.05) is 7.05 Å². The second-order valence-corrected chi connectivity index (χ2v) is 11.0. The molecule has 186 valence electrons. The number of halogens is 3. The van der Waals surface area contributed by atoms with Gasteiger partial charge in [0.05, 0.1) is 16.0 Å². The zero-order valence-corrected chi connectivity index (χ0v) is 21.5.